The summed E-state index contributed by atoms with van der Waals surface area (Å²) in [4.78, 5) is 52.7. The number of hydrogen-bond donors (Lipinski definition) is 3. The van der Waals surface area contributed by atoms with Crippen molar-refractivity contribution < 1.29 is 28.9 Å². The number of fused-ring (bicyclic) bond motifs is 1. The van der Waals surface area contributed by atoms with E-state index < -0.39 is 29.2 Å². The zero-order valence-corrected chi connectivity index (χ0v) is 22.6. The molecule has 4 N–H and O–H groups in total. The van der Waals surface area contributed by atoms with Gasteiger partial charge in [0.25, 0.3) is 11.8 Å². The van der Waals surface area contributed by atoms with E-state index in [9.17, 15) is 19.5 Å². The summed E-state index contributed by atoms with van der Waals surface area (Å²) >= 11 is 4.08. The zero-order chi connectivity index (χ0) is 27.0. The molecule has 2 aliphatic rings. The van der Waals surface area contributed by atoms with E-state index in [0.717, 1.165) is 27.6 Å². The maximum atomic E-state index is 13.1. The number of pyridine rings is 1. The second-order valence-electron chi connectivity index (χ2n) is 8.36. The number of oxime groups is 1. The summed E-state index contributed by atoms with van der Waals surface area (Å²) in [5.41, 5.74) is 8.21. The van der Waals surface area contributed by atoms with Crippen LogP contribution in [0.25, 0.3) is 10.6 Å². The predicted molar refractivity (Wildman–Crippen MR) is 142 cm³/mol. The second-order valence-corrected chi connectivity index (χ2v) is 11.2. The van der Waals surface area contributed by atoms with Crippen LogP contribution in [0, 0.1) is 6.92 Å². The number of nitrogens with zero attached hydrogens (tertiary/aromatic N) is 5. The molecule has 38 heavy (non-hydrogen) atoms. The van der Waals surface area contributed by atoms with Crippen molar-refractivity contribution in [1.29, 1.82) is 0 Å². The van der Waals surface area contributed by atoms with Gasteiger partial charge in [-0.05, 0) is 6.92 Å². The molecule has 1 saturated heterocycles. The topological polar surface area (TPSA) is 164 Å². The number of thiazole rings is 2. The quantitative estimate of drug-likeness (QED) is 0.156. The van der Waals surface area contributed by atoms with E-state index in [0.29, 0.717) is 17.9 Å². The normalized spacial score (nSPS) is 19.2. The molecule has 3 aromatic heterocycles. The lowest BCUT2D eigenvalue weighted by molar-refractivity contribution is -0.689. The van der Waals surface area contributed by atoms with Gasteiger partial charge in [0, 0.05) is 45.5 Å². The number of nitrogen functional groups attached to an aromatic ring is 1. The number of rotatable bonds is 8. The third-order valence-electron chi connectivity index (χ3n) is 5.83. The lowest BCUT2D eigenvalue weighted by atomic mass is 10.0. The Labute approximate surface area is 228 Å². The molecule has 0 saturated carbocycles. The number of aryl methyl sites for hydroxylation is 1. The molecule has 0 unspecified atom stereocenters. The monoisotopic (exact) mass is 572 g/mol. The number of aliphatic carboxylic acids is 1. The molecule has 0 aromatic carbocycles. The fraction of sp³-hybridized carbons (Fsp3) is 0.261. The van der Waals surface area contributed by atoms with Gasteiger partial charge in [-0.3, -0.25) is 14.5 Å². The lowest BCUT2D eigenvalue weighted by Crippen LogP contribution is -2.71. The Morgan fingerprint density at radius 3 is 2.66 bits per heavy atom. The molecule has 0 bridgehead atoms. The number of amides is 2. The first-order valence-corrected chi connectivity index (χ1v) is 14.0. The van der Waals surface area contributed by atoms with E-state index in [1.807, 2.05) is 41.4 Å². The van der Waals surface area contributed by atoms with E-state index in [1.165, 1.54) is 23.8 Å². The highest BCUT2D eigenvalue weighted by atomic mass is 32.2. The summed E-state index contributed by atoms with van der Waals surface area (Å²) in [5.74, 6) is -2.00. The number of carbonyl (C=O) groups is 3. The largest absolute Gasteiger partial charge is 0.477 e. The van der Waals surface area contributed by atoms with Crippen molar-refractivity contribution in [3.63, 3.8) is 0 Å². The van der Waals surface area contributed by atoms with Crippen LogP contribution in [0.4, 0.5) is 5.13 Å². The third kappa shape index (κ3) is 4.87. The zero-order valence-electron chi connectivity index (χ0n) is 20.2. The minimum Gasteiger partial charge on any atom is -0.477 e. The standard InChI is InChI=1S/C23H21N7O5S3/c1-11-8-36-19(25-11)12-3-5-29(6-4-12)7-13-9-37-21-16(20(32)30(21)17(13)22(33)34)27-18(31)15(28-35-2)14-10-38-23(24)26-14/h3-6,8,10,16,21H,7,9H2,1-2H3,(H3-,24,26,27,31,33,34)/p+1/b28-15-/t16-,21+/m1/s1. The van der Waals surface area contributed by atoms with Crippen molar-refractivity contribution in [2.45, 2.75) is 24.9 Å². The van der Waals surface area contributed by atoms with Crippen LogP contribution >= 0.6 is 34.4 Å². The van der Waals surface area contributed by atoms with Crippen LogP contribution in [0.5, 0.6) is 0 Å². The van der Waals surface area contributed by atoms with Crippen molar-refractivity contribution >= 4 is 63.1 Å². The molecule has 2 aliphatic heterocycles. The first-order chi connectivity index (χ1) is 18.3. The molecule has 0 radical (unpaired) electrons. The minimum atomic E-state index is -1.20. The molecule has 15 heteroatoms. The Morgan fingerprint density at radius 1 is 1.29 bits per heavy atom. The fourth-order valence-corrected chi connectivity index (χ4v) is 6.81. The number of aromatic nitrogens is 3. The van der Waals surface area contributed by atoms with Crippen molar-refractivity contribution in [2.75, 3.05) is 18.6 Å². The van der Waals surface area contributed by atoms with Crippen LogP contribution in [-0.2, 0) is 25.8 Å². The Kier molecular flexibility index (Phi) is 7.14. The van der Waals surface area contributed by atoms with Crippen molar-refractivity contribution in [3.05, 3.63) is 57.9 Å². The summed E-state index contributed by atoms with van der Waals surface area (Å²) in [7, 11) is 1.28. The van der Waals surface area contributed by atoms with Crippen LogP contribution in [0.1, 0.15) is 11.4 Å². The molecule has 5 rings (SSSR count). The van der Waals surface area contributed by atoms with Gasteiger partial charge in [-0.1, -0.05) is 5.16 Å². The van der Waals surface area contributed by atoms with E-state index >= 15 is 0 Å². The number of carbonyl (C=O) groups excluding carboxylic acids is 2. The van der Waals surface area contributed by atoms with Crippen molar-refractivity contribution in [2.24, 2.45) is 5.16 Å². The number of hydrogen-bond acceptors (Lipinski definition) is 11. The average molecular weight is 573 g/mol. The molecule has 0 aliphatic carbocycles. The van der Waals surface area contributed by atoms with Gasteiger partial charge in [0.15, 0.2) is 29.8 Å². The van der Waals surface area contributed by atoms with Gasteiger partial charge >= 0.3 is 5.97 Å². The van der Waals surface area contributed by atoms with E-state index in [1.54, 1.807) is 16.7 Å². The van der Waals surface area contributed by atoms with E-state index in [4.69, 9.17) is 10.6 Å². The Bertz CT molecular complexity index is 1480. The summed E-state index contributed by atoms with van der Waals surface area (Å²) in [5, 5.41) is 20.5. The van der Waals surface area contributed by atoms with Gasteiger partial charge in [-0.25, -0.2) is 19.3 Å². The number of carboxylic acids is 1. The first-order valence-electron chi connectivity index (χ1n) is 11.2. The maximum Gasteiger partial charge on any atom is 0.352 e. The van der Waals surface area contributed by atoms with Crippen LogP contribution in [0.2, 0.25) is 0 Å². The maximum absolute atomic E-state index is 13.1. The average Bonchev–Trinajstić information content (AvgIpc) is 3.53. The molecule has 5 heterocycles. The van der Waals surface area contributed by atoms with Gasteiger partial charge in [-0.15, -0.1) is 34.4 Å². The van der Waals surface area contributed by atoms with E-state index in [-0.39, 0.29) is 22.2 Å². The van der Waals surface area contributed by atoms with Gasteiger partial charge < -0.3 is 21.0 Å². The summed E-state index contributed by atoms with van der Waals surface area (Å²) in [6.45, 7) is 2.24. The van der Waals surface area contributed by atoms with E-state index in [2.05, 4.69) is 20.4 Å². The number of carboxylic acid groups (broad SMARTS) is 1. The SMILES string of the molecule is CO/N=C(\C(=O)N[C@@H]1C(=O)N2C(C(=O)O)=C(C[n+]3ccc(-c4nc(C)cs4)cc3)CS[C@@H]12)c1csc(N)n1. The van der Waals surface area contributed by atoms with Gasteiger partial charge in [0.1, 0.15) is 34.9 Å². The van der Waals surface area contributed by atoms with Crippen LogP contribution in [0.3, 0.4) is 0 Å². The Balaban J connectivity index is 1.32. The number of nitrogens with two attached hydrogens (primary N) is 1. The number of nitrogens with one attached hydrogen (secondary N) is 1. The second kappa shape index (κ2) is 10.5. The number of thioether (sulfide) groups is 1. The van der Waals surface area contributed by atoms with Gasteiger partial charge in [0.05, 0.1) is 0 Å². The fourth-order valence-electron chi connectivity index (χ4n) is 4.12. The molecule has 12 nitrogen and oxygen atoms in total. The highest BCUT2D eigenvalue weighted by Gasteiger charge is 2.54. The van der Waals surface area contributed by atoms with Gasteiger partial charge in [-0.2, -0.15) is 0 Å². The molecule has 1 fully saturated rings. The lowest BCUT2D eigenvalue weighted by Gasteiger charge is -2.49. The van der Waals surface area contributed by atoms with Crippen LogP contribution in [0.15, 0.2) is 51.7 Å². The highest BCUT2D eigenvalue weighted by molar-refractivity contribution is 8.00. The molecule has 2 atom stereocenters. The molecule has 3 aromatic rings. The summed E-state index contributed by atoms with van der Waals surface area (Å²) < 4.78 is 1.86. The highest BCUT2D eigenvalue weighted by Crippen LogP contribution is 2.40. The summed E-state index contributed by atoms with van der Waals surface area (Å²) in [6, 6.07) is 2.93. The number of anilines is 1. The van der Waals surface area contributed by atoms with Gasteiger partial charge in [0.2, 0.25) is 0 Å². The smallest absolute Gasteiger partial charge is 0.352 e. The number of β-lactam (4-membered cyclic amide) rings is 1. The molecule has 196 valence electrons. The minimum absolute atomic E-state index is 0.0607. The van der Waals surface area contributed by atoms with Crippen LogP contribution < -0.4 is 15.6 Å². The van der Waals surface area contributed by atoms with Crippen LogP contribution in [-0.4, -0.2) is 67.7 Å². The van der Waals surface area contributed by atoms with Crippen molar-refractivity contribution in [3.8, 4) is 10.6 Å². The molecule has 0 spiro atoms. The summed E-state index contributed by atoms with van der Waals surface area (Å²) in [6.07, 6.45) is 3.72. The van der Waals surface area contributed by atoms with Crippen molar-refractivity contribution in [1.82, 2.24) is 20.2 Å². The Morgan fingerprint density at radius 2 is 2.05 bits per heavy atom. The molecule has 2 amide bonds. The third-order valence-corrected chi connectivity index (χ3v) is 8.85. The predicted octanol–water partition coefficient (Wildman–Crippen LogP) is 1.23. The molecular weight excluding hydrogens is 550 g/mol. The molecular formula is C23H22N7O5S3+. The first kappa shape index (κ1) is 25.8. The Hall–Kier alpha value is -3.82.